The highest BCUT2D eigenvalue weighted by Gasteiger charge is 2.33. The lowest BCUT2D eigenvalue weighted by atomic mass is 10.1. The molecule has 0 spiro atoms. The quantitative estimate of drug-likeness (QED) is 0.812. The number of rotatable bonds is 7. The Morgan fingerprint density at radius 1 is 1.12 bits per heavy atom. The minimum atomic E-state index is -3.63. The molecule has 1 N–H and O–H groups in total. The predicted octanol–water partition coefficient (Wildman–Crippen LogP) is 3.18. The SMILES string of the molecule is CC(C)NS(=O)(=O)c1cccc(C(=O)N(Cc2ccccc2)C2CC2)c1. The molecular formula is C20H24N2O3S. The summed E-state index contributed by atoms with van der Waals surface area (Å²) in [5, 5.41) is 0. The van der Waals surface area contributed by atoms with Gasteiger partial charge in [0.05, 0.1) is 4.90 Å². The van der Waals surface area contributed by atoms with Gasteiger partial charge in [0.25, 0.3) is 5.91 Å². The van der Waals surface area contributed by atoms with Crippen molar-refractivity contribution < 1.29 is 13.2 Å². The molecule has 0 bridgehead atoms. The molecule has 0 atom stereocenters. The second kappa shape index (κ2) is 7.60. The number of carbonyl (C=O) groups is 1. The van der Waals surface area contributed by atoms with Crippen molar-refractivity contribution in [2.45, 2.75) is 50.2 Å². The largest absolute Gasteiger partial charge is 0.331 e. The summed E-state index contributed by atoms with van der Waals surface area (Å²) in [6.45, 7) is 4.06. The molecule has 1 aliphatic carbocycles. The highest BCUT2D eigenvalue weighted by atomic mass is 32.2. The van der Waals surface area contributed by atoms with Gasteiger partial charge in [0.1, 0.15) is 0 Å². The van der Waals surface area contributed by atoms with Crippen molar-refractivity contribution in [2.75, 3.05) is 0 Å². The molecule has 1 saturated carbocycles. The molecule has 2 aromatic carbocycles. The van der Waals surface area contributed by atoms with Crippen LogP contribution >= 0.6 is 0 Å². The van der Waals surface area contributed by atoms with Crippen LogP contribution in [0.5, 0.6) is 0 Å². The molecule has 2 aromatic rings. The van der Waals surface area contributed by atoms with E-state index < -0.39 is 10.0 Å². The summed E-state index contributed by atoms with van der Waals surface area (Å²) in [5.74, 6) is -0.127. The Bertz CT molecular complexity index is 875. The van der Waals surface area contributed by atoms with Crippen LogP contribution in [0.3, 0.4) is 0 Å². The lowest BCUT2D eigenvalue weighted by Crippen LogP contribution is -2.33. The Balaban J connectivity index is 1.85. The van der Waals surface area contributed by atoms with Crippen molar-refractivity contribution >= 4 is 15.9 Å². The standard InChI is InChI=1S/C20H24N2O3S/c1-15(2)21-26(24,25)19-10-6-9-17(13-19)20(23)22(18-11-12-18)14-16-7-4-3-5-8-16/h3-10,13,15,18,21H,11-12,14H2,1-2H3. The third kappa shape index (κ3) is 4.51. The van der Waals surface area contributed by atoms with Crippen LogP contribution in [0.25, 0.3) is 0 Å². The van der Waals surface area contributed by atoms with E-state index in [-0.39, 0.29) is 22.9 Å². The Hall–Kier alpha value is -2.18. The minimum absolute atomic E-state index is 0.118. The fourth-order valence-electron chi connectivity index (χ4n) is 2.87. The smallest absolute Gasteiger partial charge is 0.254 e. The van der Waals surface area contributed by atoms with E-state index in [1.54, 1.807) is 26.0 Å². The van der Waals surface area contributed by atoms with Crippen molar-refractivity contribution in [3.8, 4) is 0 Å². The number of carbonyl (C=O) groups excluding carboxylic acids is 1. The number of sulfonamides is 1. The van der Waals surface area contributed by atoms with Gasteiger partial charge in [0.15, 0.2) is 0 Å². The fraction of sp³-hybridized carbons (Fsp3) is 0.350. The Kier molecular flexibility index (Phi) is 5.44. The topological polar surface area (TPSA) is 66.5 Å². The summed E-state index contributed by atoms with van der Waals surface area (Å²) in [6, 6.07) is 16.2. The van der Waals surface area contributed by atoms with Crippen LogP contribution in [0.1, 0.15) is 42.6 Å². The fourth-order valence-corrected chi connectivity index (χ4v) is 4.17. The van der Waals surface area contributed by atoms with Crippen molar-refractivity contribution in [1.82, 2.24) is 9.62 Å². The number of nitrogens with one attached hydrogen (secondary N) is 1. The third-order valence-corrected chi connectivity index (χ3v) is 5.88. The van der Waals surface area contributed by atoms with Crippen molar-refractivity contribution in [2.24, 2.45) is 0 Å². The zero-order valence-electron chi connectivity index (χ0n) is 15.1. The van der Waals surface area contributed by atoms with Gasteiger partial charge in [-0.3, -0.25) is 4.79 Å². The maximum Gasteiger partial charge on any atom is 0.254 e. The van der Waals surface area contributed by atoms with Gasteiger partial charge < -0.3 is 4.90 Å². The van der Waals surface area contributed by atoms with Gasteiger partial charge in [-0.1, -0.05) is 36.4 Å². The first-order valence-electron chi connectivity index (χ1n) is 8.84. The molecule has 0 aliphatic heterocycles. The summed E-state index contributed by atoms with van der Waals surface area (Å²) in [4.78, 5) is 15.0. The van der Waals surface area contributed by atoms with E-state index in [0.29, 0.717) is 12.1 Å². The second-order valence-electron chi connectivity index (χ2n) is 6.95. The molecule has 1 fully saturated rings. The molecule has 5 nitrogen and oxygen atoms in total. The van der Waals surface area contributed by atoms with Gasteiger partial charge in [0.2, 0.25) is 10.0 Å². The Labute approximate surface area is 155 Å². The lowest BCUT2D eigenvalue weighted by Gasteiger charge is -2.23. The molecule has 0 aromatic heterocycles. The van der Waals surface area contributed by atoms with Crippen LogP contribution in [0.2, 0.25) is 0 Å². The van der Waals surface area contributed by atoms with Crippen molar-refractivity contribution in [3.63, 3.8) is 0 Å². The summed E-state index contributed by atoms with van der Waals surface area (Å²) in [7, 11) is -3.63. The van der Waals surface area contributed by atoms with Gasteiger partial charge in [0, 0.05) is 24.2 Å². The van der Waals surface area contributed by atoms with Crippen LogP contribution in [0.15, 0.2) is 59.5 Å². The molecular weight excluding hydrogens is 348 g/mol. The van der Waals surface area contributed by atoms with E-state index in [4.69, 9.17) is 0 Å². The number of hydrogen-bond donors (Lipinski definition) is 1. The molecule has 1 aliphatic rings. The van der Waals surface area contributed by atoms with Crippen LogP contribution in [0, 0.1) is 0 Å². The molecule has 0 unspecified atom stereocenters. The van der Waals surface area contributed by atoms with Gasteiger partial charge in [-0.2, -0.15) is 0 Å². The van der Waals surface area contributed by atoms with E-state index in [0.717, 1.165) is 18.4 Å². The molecule has 26 heavy (non-hydrogen) atoms. The Morgan fingerprint density at radius 2 is 1.81 bits per heavy atom. The van der Waals surface area contributed by atoms with Crippen LogP contribution in [0.4, 0.5) is 0 Å². The minimum Gasteiger partial charge on any atom is -0.331 e. The van der Waals surface area contributed by atoms with E-state index in [9.17, 15) is 13.2 Å². The van der Waals surface area contributed by atoms with Gasteiger partial charge in [-0.15, -0.1) is 0 Å². The predicted molar refractivity (Wildman–Crippen MR) is 101 cm³/mol. The molecule has 0 saturated heterocycles. The normalized spacial score (nSPS) is 14.4. The second-order valence-corrected chi connectivity index (χ2v) is 8.67. The highest BCUT2D eigenvalue weighted by molar-refractivity contribution is 7.89. The van der Waals surface area contributed by atoms with Crippen molar-refractivity contribution in [1.29, 1.82) is 0 Å². The van der Waals surface area contributed by atoms with E-state index in [2.05, 4.69) is 4.72 Å². The summed E-state index contributed by atoms with van der Waals surface area (Å²) >= 11 is 0. The summed E-state index contributed by atoms with van der Waals surface area (Å²) < 4.78 is 27.3. The maximum absolute atomic E-state index is 13.0. The van der Waals surface area contributed by atoms with Crippen molar-refractivity contribution in [3.05, 3.63) is 65.7 Å². The monoisotopic (exact) mass is 372 g/mol. The first kappa shape index (κ1) is 18.6. The van der Waals surface area contributed by atoms with E-state index >= 15 is 0 Å². The molecule has 3 rings (SSSR count). The van der Waals surface area contributed by atoms with E-state index in [1.165, 1.54) is 12.1 Å². The lowest BCUT2D eigenvalue weighted by molar-refractivity contribution is 0.0729. The maximum atomic E-state index is 13.0. The van der Waals surface area contributed by atoms with E-state index in [1.807, 2.05) is 35.2 Å². The zero-order chi connectivity index (χ0) is 18.7. The van der Waals surface area contributed by atoms with Gasteiger partial charge >= 0.3 is 0 Å². The Morgan fingerprint density at radius 3 is 2.42 bits per heavy atom. The molecule has 1 amide bonds. The number of benzene rings is 2. The number of hydrogen-bond acceptors (Lipinski definition) is 3. The molecule has 6 heteroatoms. The zero-order valence-corrected chi connectivity index (χ0v) is 15.9. The van der Waals surface area contributed by atoms with Gasteiger partial charge in [-0.05, 0) is 50.5 Å². The molecule has 0 radical (unpaired) electrons. The average molecular weight is 372 g/mol. The van der Waals surface area contributed by atoms with Crippen LogP contribution in [-0.4, -0.2) is 31.3 Å². The molecule has 138 valence electrons. The van der Waals surface area contributed by atoms with Gasteiger partial charge in [-0.25, -0.2) is 13.1 Å². The van der Waals surface area contributed by atoms with Crippen LogP contribution in [-0.2, 0) is 16.6 Å². The first-order chi connectivity index (χ1) is 12.4. The summed E-state index contributed by atoms with van der Waals surface area (Å²) in [5.41, 5.74) is 1.47. The third-order valence-electron chi connectivity index (χ3n) is 4.23. The first-order valence-corrected chi connectivity index (χ1v) is 10.3. The number of amides is 1. The average Bonchev–Trinajstić information content (AvgIpc) is 3.44. The molecule has 0 heterocycles. The summed E-state index contributed by atoms with van der Waals surface area (Å²) in [6.07, 6.45) is 1.98. The number of nitrogens with zero attached hydrogens (tertiary/aromatic N) is 1. The highest BCUT2D eigenvalue weighted by Crippen LogP contribution is 2.30. The van der Waals surface area contributed by atoms with Crippen LogP contribution < -0.4 is 4.72 Å².